The topological polar surface area (TPSA) is 55.1 Å². The summed E-state index contributed by atoms with van der Waals surface area (Å²) in [4.78, 5) is 12.7. The fourth-order valence-electron chi connectivity index (χ4n) is 1.55. The van der Waals surface area contributed by atoms with Gasteiger partial charge >= 0.3 is 0 Å². The molecule has 0 aliphatic rings. The quantitative estimate of drug-likeness (QED) is 0.747. The maximum absolute atomic E-state index is 12.0. The lowest BCUT2D eigenvalue weighted by Gasteiger charge is -2.11. The Morgan fingerprint density at radius 3 is 2.61 bits per heavy atom. The second-order valence-corrected chi connectivity index (χ2v) is 7.12. The van der Waals surface area contributed by atoms with Crippen LogP contribution in [0.4, 0.5) is 11.4 Å². The third kappa shape index (κ3) is 2.93. The summed E-state index contributed by atoms with van der Waals surface area (Å²) in [5.41, 5.74) is 8.03. The van der Waals surface area contributed by atoms with Crippen LogP contribution in [0.3, 0.4) is 0 Å². The van der Waals surface area contributed by atoms with Gasteiger partial charge in [0.25, 0.3) is 5.91 Å². The van der Waals surface area contributed by atoms with E-state index in [1.807, 2.05) is 19.1 Å². The molecule has 1 aromatic heterocycles. The summed E-state index contributed by atoms with van der Waals surface area (Å²) in [6.45, 7) is 1.90. The number of carbonyl (C=O) groups is 1. The Labute approximate surface area is 126 Å². The van der Waals surface area contributed by atoms with Gasteiger partial charge < -0.3 is 11.1 Å². The standard InChI is InChI=1S/C12H10Br2N2OS/c1-6-4-7(13)5-8(15)11(6)16-12(17)9-2-3-10(14)18-9/h2-5H,15H2,1H3,(H,16,17). The van der Waals surface area contributed by atoms with Crippen molar-refractivity contribution in [3.05, 3.63) is 43.0 Å². The number of halogens is 2. The average Bonchev–Trinajstić information content (AvgIpc) is 2.70. The molecule has 0 aliphatic heterocycles. The minimum Gasteiger partial charge on any atom is -0.397 e. The van der Waals surface area contributed by atoms with Crippen molar-refractivity contribution in [2.45, 2.75) is 6.92 Å². The molecule has 18 heavy (non-hydrogen) atoms. The first-order valence-electron chi connectivity index (χ1n) is 5.09. The minimum absolute atomic E-state index is 0.150. The van der Waals surface area contributed by atoms with E-state index in [9.17, 15) is 4.79 Å². The van der Waals surface area contributed by atoms with E-state index < -0.39 is 0 Å². The van der Waals surface area contributed by atoms with Gasteiger partial charge in [-0.15, -0.1) is 11.3 Å². The number of thiophene rings is 1. The number of rotatable bonds is 2. The van der Waals surface area contributed by atoms with E-state index in [0.29, 0.717) is 16.3 Å². The highest BCUT2D eigenvalue weighted by Crippen LogP contribution is 2.29. The van der Waals surface area contributed by atoms with Crippen LogP contribution in [0.5, 0.6) is 0 Å². The second-order valence-electron chi connectivity index (χ2n) is 3.74. The van der Waals surface area contributed by atoms with E-state index in [4.69, 9.17) is 5.73 Å². The first-order valence-corrected chi connectivity index (χ1v) is 7.50. The van der Waals surface area contributed by atoms with E-state index in [2.05, 4.69) is 37.2 Å². The molecule has 0 spiro atoms. The van der Waals surface area contributed by atoms with Crippen LogP contribution in [0.15, 0.2) is 32.5 Å². The highest BCUT2D eigenvalue weighted by Gasteiger charge is 2.12. The monoisotopic (exact) mass is 388 g/mol. The summed E-state index contributed by atoms with van der Waals surface area (Å²) in [5.74, 6) is -0.150. The van der Waals surface area contributed by atoms with Crippen LogP contribution in [0, 0.1) is 6.92 Å². The molecule has 2 aromatic rings. The van der Waals surface area contributed by atoms with E-state index >= 15 is 0 Å². The summed E-state index contributed by atoms with van der Waals surface area (Å²) in [5, 5.41) is 2.84. The van der Waals surface area contributed by atoms with E-state index in [1.165, 1.54) is 11.3 Å². The van der Waals surface area contributed by atoms with Gasteiger partial charge in [0, 0.05) is 4.47 Å². The van der Waals surface area contributed by atoms with E-state index in [0.717, 1.165) is 13.8 Å². The molecule has 0 fully saturated rings. The Bertz CT molecular complexity index is 587. The predicted molar refractivity (Wildman–Crippen MR) is 83.3 cm³/mol. The lowest BCUT2D eigenvalue weighted by molar-refractivity contribution is 0.103. The molecular formula is C12H10Br2N2OS. The predicted octanol–water partition coefficient (Wildman–Crippen LogP) is 4.42. The summed E-state index contributed by atoms with van der Waals surface area (Å²) >= 11 is 8.08. The van der Waals surface area contributed by atoms with Crippen LogP contribution < -0.4 is 11.1 Å². The number of hydrogen-bond donors (Lipinski definition) is 2. The first kappa shape index (κ1) is 13.6. The van der Waals surface area contributed by atoms with Gasteiger partial charge in [0.05, 0.1) is 20.0 Å². The Balaban J connectivity index is 2.27. The van der Waals surface area contributed by atoms with Crippen LogP contribution in [0.2, 0.25) is 0 Å². The van der Waals surface area contributed by atoms with Gasteiger partial charge in [-0.05, 0) is 52.7 Å². The van der Waals surface area contributed by atoms with Crippen LogP contribution >= 0.6 is 43.2 Å². The molecule has 94 valence electrons. The molecule has 2 rings (SSSR count). The number of hydrogen-bond acceptors (Lipinski definition) is 3. The second kappa shape index (κ2) is 5.42. The number of nitrogens with two attached hydrogens (primary N) is 1. The van der Waals surface area contributed by atoms with Gasteiger partial charge in [0.1, 0.15) is 0 Å². The van der Waals surface area contributed by atoms with Crippen molar-refractivity contribution in [1.82, 2.24) is 0 Å². The Morgan fingerprint density at radius 2 is 2.06 bits per heavy atom. The number of benzene rings is 1. The first-order chi connectivity index (χ1) is 8.47. The Morgan fingerprint density at radius 1 is 1.33 bits per heavy atom. The summed E-state index contributed by atoms with van der Waals surface area (Å²) in [6.07, 6.45) is 0. The average molecular weight is 390 g/mol. The molecule has 1 amide bonds. The Kier molecular flexibility index (Phi) is 4.09. The fraction of sp³-hybridized carbons (Fsp3) is 0.0833. The van der Waals surface area contributed by atoms with Crippen LogP contribution in [0.1, 0.15) is 15.2 Å². The lowest BCUT2D eigenvalue weighted by atomic mass is 10.1. The van der Waals surface area contributed by atoms with Crippen molar-refractivity contribution in [1.29, 1.82) is 0 Å². The maximum atomic E-state index is 12.0. The zero-order valence-corrected chi connectivity index (χ0v) is 13.4. The van der Waals surface area contributed by atoms with Gasteiger partial charge in [0.2, 0.25) is 0 Å². The molecule has 1 aromatic carbocycles. The maximum Gasteiger partial charge on any atom is 0.265 e. The van der Waals surface area contributed by atoms with Crippen LogP contribution in [-0.2, 0) is 0 Å². The molecule has 0 atom stereocenters. The van der Waals surface area contributed by atoms with E-state index in [-0.39, 0.29) is 5.91 Å². The van der Waals surface area contributed by atoms with Gasteiger partial charge in [-0.3, -0.25) is 4.79 Å². The normalized spacial score (nSPS) is 10.4. The molecule has 6 heteroatoms. The SMILES string of the molecule is Cc1cc(Br)cc(N)c1NC(=O)c1ccc(Br)s1. The molecule has 1 heterocycles. The van der Waals surface area contributed by atoms with Crippen molar-refractivity contribution < 1.29 is 4.79 Å². The number of carbonyl (C=O) groups excluding carboxylic acids is 1. The number of anilines is 2. The lowest BCUT2D eigenvalue weighted by Crippen LogP contribution is -2.12. The van der Waals surface area contributed by atoms with Crippen molar-refractivity contribution in [2.75, 3.05) is 11.1 Å². The van der Waals surface area contributed by atoms with Gasteiger partial charge in [-0.1, -0.05) is 15.9 Å². The van der Waals surface area contributed by atoms with E-state index in [1.54, 1.807) is 12.1 Å². The number of amides is 1. The van der Waals surface area contributed by atoms with Gasteiger partial charge in [-0.2, -0.15) is 0 Å². The van der Waals surface area contributed by atoms with Crippen molar-refractivity contribution >= 4 is 60.5 Å². The molecular weight excluding hydrogens is 380 g/mol. The minimum atomic E-state index is -0.150. The largest absolute Gasteiger partial charge is 0.397 e. The number of nitrogens with one attached hydrogen (secondary N) is 1. The number of nitrogen functional groups attached to an aromatic ring is 1. The molecule has 0 saturated heterocycles. The fourth-order valence-corrected chi connectivity index (χ4v) is 3.42. The molecule has 3 nitrogen and oxygen atoms in total. The number of aryl methyl sites for hydroxylation is 1. The van der Waals surface area contributed by atoms with Gasteiger partial charge in [0.15, 0.2) is 0 Å². The smallest absolute Gasteiger partial charge is 0.265 e. The van der Waals surface area contributed by atoms with Crippen molar-refractivity contribution in [3.8, 4) is 0 Å². The molecule has 0 saturated carbocycles. The zero-order chi connectivity index (χ0) is 13.3. The highest BCUT2D eigenvalue weighted by atomic mass is 79.9. The van der Waals surface area contributed by atoms with Crippen LogP contribution in [-0.4, -0.2) is 5.91 Å². The zero-order valence-electron chi connectivity index (χ0n) is 9.46. The summed E-state index contributed by atoms with van der Waals surface area (Å²) < 4.78 is 1.82. The van der Waals surface area contributed by atoms with Crippen molar-refractivity contribution in [2.24, 2.45) is 0 Å². The van der Waals surface area contributed by atoms with Crippen LogP contribution in [0.25, 0.3) is 0 Å². The third-order valence-electron chi connectivity index (χ3n) is 2.37. The highest BCUT2D eigenvalue weighted by molar-refractivity contribution is 9.11. The molecule has 0 bridgehead atoms. The van der Waals surface area contributed by atoms with Gasteiger partial charge in [-0.25, -0.2) is 0 Å². The summed E-state index contributed by atoms with van der Waals surface area (Å²) in [6, 6.07) is 7.30. The van der Waals surface area contributed by atoms with Crippen molar-refractivity contribution in [3.63, 3.8) is 0 Å². The molecule has 0 radical (unpaired) electrons. The Hall–Kier alpha value is -0.850. The molecule has 0 aliphatic carbocycles. The summed E-state index contributed by atoms with van der Waals surface area (Å²) in [7, 11) is 0. The molecule has 0 unspecified atom stereocenters. The third-order valence-corrected chi connectivity index (χ3v) is 4.45. The molecule has 3 N–H and O–H groups in total.